The number of rotatable bonds is 7. The molecule has 0 aromatic carbocycles. The first-order valence-corrected chi connectivity index (χ1v) is 6.64. The minimum absolute atomic E-state index is 0.288. The van der Waals surface area contributed by atoms with Crippen LogP contribution in [-0.4, -0.2) is 23.3 Å². The van der Waals surface area contributed by atoms with Crippen LogP contribution in [0.4, 0.5) is 0 Å². The first-order chi connectivity index (χ1) is 7.67. The molecule has 90 valence electrons. The molecule has 3 N–H and O–H groups in total. The van der Waals surface area contributed by atoms with Gasteiger partial charge in [0, 0.05) is 23.9 Å². The van der Waals surface area contributed by atoms with Gasteiger partial charge in [-0.05, 0) is 24.4 Å². The number of nitrogens with zero attached hydrogens (tertiary/aromatic N) is 1. The third-order valence-electron chi connectivity index (χ3n) is 2.79. The highest BCUT2D eigenvalue weighted by molar-refractivity contribution is 7.09. The van der Waals surface area contributed by atoms with E-state index < -0.39 is 0 Å². The van der Waals surface area contributed by atoms with Crippen LogP contribution in [0.2, 0.25) is 0 Å². The second-order valence-corrected chi connectivity index (χ2v) is 4.97. The zero-order chi connectivity index (χ0) is 12.0. The van der Waals surface area contributed by atoms with Crippen LogP contribution in [-0.2, 0) is 6.54 Å². The van der Waals surface area contributed by atoms with E-state index in [0.29, 0.717) is 12.5 Å². The number of hydrogen-bond acceptors (Lipinski definition) is 3. The van der Waals surface area contributed by atoms with Gasteiger partial charge in [0.25, 0.3) is 0 Å². The van der Waals surface area contributed by atoms with Gasteiger partial charge in [-0.2, -0.15) is 0 Å². The van der Waals surface area contributed by atoms with Crippen molar-refractivity contribution in [2.45, 2.75) is 39.3 Å². The molecule has 0 aliphatic rings. The van der Waals surface area contributed by atoms with E-state index in [1.165, 1.54) is 4.88 Å². The standard InChI is InChI=1S/C12H21N3S/c1-3-10(8-12(13)14)15(4-2)9-11-6-5-7-16-11/h5-7,10H,3-4,8-9H2,1-2H3,(H3,13,14). The molecular formula is C12H21N3S. The molecule has 1 rings (SSSR count). The van der Waals surface area contributed by atoms with E-state index in [0.717, 1.165) is 19.5 Å². The van der Waals surface area contributed by atoms with E-state index in [1.807, 2.05) is 0 Å². The second kappa shape index (κ2) is 6.66. The van der Waals surface area contributed by atoms with Gasteiger partial charge in [-0.15, -0.1) is 11.3 Å². The molecule has 0 saturated heterocycles. The quantitative estimate of drug-likeness (QED) is 0.568. The number of nitrogens with two attached hydrogens (primary N) is 1. The fourth-order valence-corrected chi connectivity index (χ4v) is 2.62. The van der Waals surface area contributed by atoms with Crippen LogP contribution in [0.1, 0.15) is 31.6 Å². The first kappa shape index (κ1) is 13.2. The van der Waals surface area contributed by atoms with Gasteiger partial charge in [-0.25, -0.2) is 0 Å². The van der Waals surface area contributed by atoms with E-state index >= 15 is 0 Å². The van der Waals surface area contributed by atoms with E-state index in [9.17, 15) is 0 Å². The number of amidine groups is 1. The summed E-state index contributed by atoms with van der Waals surface area (Å²) in [6, 6.07) is 4.64. The predicted molar refractivity (Wildman–Crippen MR) is 71.0 cm³/mol. The van der Waals surface area contributed by atoms with Crippen LogP contribution >= 0.6 is 11.3 Å². The summed E-state index contributed by atoms with van der Waals surface area (Å²) >= 11 is 1.79. The van der Waals surface area contributed by atoms with Gasteiger partial charge in [-0.1, -0.05) is 19.9 Å². The fourth-order valence-electron chi connectivity index (χ4n) is 1.89. The summed E-state index contributed by atoms with van der Waals surface area (Å²) < 4.78 is 0. The smallest absolute Gasteiger partial charge is 0.0921 e. The van der Waals surface area contributed by atoms with Gasteiger partial charge in [0.1, 0.15) is 0 Å². The molecule has 0 aliphatic heterocycles. The SMILES string of the molecule is CCC(CC(=N)N)N(CC)Cc1cccs1. The molecule has 1 aromatic heterocycles. The largest absolute Gasteiger partial charge is 0.388 e. The zero-order valence-electron chi connectivity index (χ0n) is 10.1. The maximum Gasteiger partial charge on any atom is 0.0921 e. The minimum atomic E-state index is 0.288. The van der Waals surface area contributed by atoms with Gasteiger partial charge in [0.15, 0.2) is 0 Å². The van der Waals surface area contributed by atoms with E-state index in [2.05, 4.69) is 36.3 Å². The van der Waals surface area contributed by atoms with E-state index in [-0.39, 0.29) is 5.84 Å². The lowest BCUT2D eigenvalue weighted by atomic mass is 10.1. The number of thiophene rings is 1. The Kier molecular flexibility index (Phi) is 5.49. The molecule has 0 amide bonds. The van der Waals surface area contributed by atoms with Crippen molar-refractivity contribution in [1.82, 2.24) is 4.90 Å². The van der Waals surface area contributed by atoms with Gasteiger partial charge in [0.2, 0.25) is 0 Å². The van der Waals surface area contributed by atoms with Crippen LogP contribution < -0.4 is 5.73 Å². The molecule has 0 spiro atoms. The second-order valence-electron chi connectivity index (χ2n) is 3.93. The molecule has 16 heavy (non-hydrogen) atoms. The average Bonchev–Trinajstić information content (AvgIpc) is 2.75. The molecule has 0 fully saturated rings. The number of nitrogens with one attached hydrogen (secondary N) is 1. The normalized spacial score (nSPS) is 12.9. The summed E-state index contributed by atoms with van der Waals surface area (Å²) in [5.41, 5.74) is 5.49. The van der Waals surface area contributed by atoms with Crippen molar-refractivity contribution in [3.8, 4) is 0 Å². The molecule has 1 atom stereocenters. The highest BCUT2D eigenvalue weighted by atomic mass is 32.1. The topological polar surface area (TPSA) is 53.1 Å². The Bertz CT molecular complexity index is 308. The third-order valence-corrected chi connectivity index (χ3v) is 3.65. The third kappa shape index (κ3) is 3.94. The molecule has 1 aromatic rings. The van der Waals surface area contributed by atoms with Crippen molar-refractivity contribution in [3.63, 3.8) is 0 Å². The molecular weight excluding hydrogens is 218 g/mol. The molecule has 1 unspecified atom stereocenters. The van der Waals surface area contributed by atoms with E-state index in [4.69, 9.17) is 11.1 Å². The predicted octanol–water partition coefficient (Wildman–Crippen LogP) is 2.67. The molecule has 0 radical (unpaired) electrons. The van der Waals surface area contributed by atoms with Crippen LogP contribution in [0.25, 0.3) is 0 Å². The highest BCUT2D eigenvalue weighted by Gasteiger charge is 2.16. The maximum atomic E-state index is 7.40. The molecule has 1 heterocycles. The molecule has 4 heteroatoms. The van der Waals surface area contributed by atoms with Crippen LogP contribution in [0.5, 0.6) is 0 Å². The van der Waals surface area contributed by atoms with Crippen LogP contribution in [0.3, 0.4) is 0 Å². The summed E-state index contributed by atoms with van der Waals surface area (Å²) in [6.07, 6.45) is 1.72. The van der Waals surface area contributed by atoms with Crippen molar-refractivity contribution in [2.75, 3.05) is 6.54 Å². The summed E-state index contributed by atoms with van der Waals surface area (Å²) in [5.74, 6) is 0.288. The molecule has 0 saturated carbocycles. The maximum absolute atomic E-state index is 7.40. The zero-order valence-corrected chi connectivity index (χ0v) is 10.9. The molecule has 0 aliphatic carbocycles. The lowest BCUT2D eigenvalue weighted by Gasteiger charge is -2.29. The first-order valence-electron chi connectivity index (χ1n) is 5.76. The van der Waals surface area contributed by atoms with Crippen molar-refractivity contribution < 1.29 is 0 Å². The van der Waals surface area contributed by atoms with Crippen molar-refractivity contribution in [3.05, 3.63) is 22.4 Å². The van der Waals surface area contributed by atoms with Crippen molar-refractivity contribution in [2.24, 2.45) is 5.73 Å². The Labute approximate surface area is 102 Å². The lowest BCUT2D eigenvalue weighted by Crippen LogP contribution is -2.37. The Morgan fingerprint density at radius 2 is 2.31 bits per heavy atom. The highest BCUT2D eigenvalue weighted by Crippen LogP contribution is 2.16. The van der Waals surface area contributed by atoms with Crippen LogP contribution in [0.15, 0.2) is 17.5 Å². The fraction of sp³-hybridized carbons (Fsp3) is 0.583. The Morgan fingerprint density at radius 1 is 1.56 bits per heavy atom. The average molecular weight is 239 g/mol. The number of hydrogen-bond donors (Lipinski definition) is 2. The van der Waals surface area contributed by atoms with Crippen molar-refractivity contribution in [1.29, 1.82) is 5.41 Å². The van der Waals surface area contributed by atoms with Crippen molar-refractivity contribution >= 4 is 17.2 Å². The van der Waals surface area contributed by atoms with E-state index in [1.54, 1.807) is 11.3 Å². The van der Waals surface area contributed by atoms with Crippen LogP contribution in [0, 0.1) is 5.41 Å². The van der Waals surface area contributed by atoms with Gasteiger partial charge in [-0.3, -0.25) is 10.3 Å². The summed E-state index contributed by atoms with van der Waals surface area (Å²) in [4.78, 5) is 3.77. The minimum Gasteiger partial charge on any atom is -0.388 e. The molecule has 3 nitrogen and oxygen atoms in total. The Balaban J connectivity index is 2.60. The Morgan fingerprint density at radius 3 is 2.75 bits per heavy atom. The van der Waals surface area contributed by atoms with Gasteiger partial charge >= 0.3 is 0 Å². The summed E-state index contributed by atoms with van der Waals surface area (Å²) in [7, 11) is 0. The van der Waals surface area contributed by atoms with Gasteiger partial charge < -0.3 is 5.73 Å². The lowest BCUT2D eigenvalue weighted by molar-refractivity contribution is 0.198. The van der Waals surface area contributed by atoms with Gasteiger partial charge in [0.05, 0.1) is 5.84 Å². The summed E-state index contributed by atoms with van der Waals surface area (Å²) in [6.45, 7) is 6.30. The Hall–Kier alpha value is -0.870. The summed E-state index contributed by atoms with van der Waals surface area (Å²) in [5, 5.41) is 9.51. The molecule has 0 bridgehead atoms. The monoisotopic (exact) mass is 239 g/mol.